The van der Waals surface area contributed by atoms with Crippen LogP contribution in [0, 0.1) is 0 Å². The summed E-state index contributed by atoms with van der Waals surface area (Å²) in [6.45, 7) is 0. The summed E-state index contributed by atoms with van der Waals surface area (Å²) in [5.41, 5.74) is 6.22. The molecule has 0 saturated carbocycles. The van der Waals surface area contributed by atoms with Crippen LogP contribution < -0.4 is 10.5 Å². The zero-order valence-corrected chi connectivity index (χ0v) is 10.9. The molecule has 0 amide bonds. The van der Waals surface area contributed by atoms with Crippen LogP contribution in [-0.4, -0.2) is 4.98 Å². The zero-order chi connectivity index (χ0) is 11.5. The smallest absolute Gasteiger partial charge is 0.238 e. The Kier molecular flexibility index (Phi) is 4.87. The van der Waals surface area contributed by atoms with E-state index < -0.39 is 0 Å². The average molecular weight is 292 g/mol. The van der Waals surface area contributed by atoms with E-state index in [0.29, 0.717) is 27.4 Å². The van der Waals surface area contributed by atoms with Crippen molar-refractivity contribution in [3.05, 3.63) is 46.6 Å². The van der Waals surface area contributed by atoms with Gasteiger partial charge in [0.25, 0.3) is 0 Å². The molecule has 0 radical (unpaired) electrons. The van der Waals surface area contributed by atoms with Gasteiger partial charge in [0, 0.05) is 11.9 Å². The molecule has 0 saturated heterocycles. The van der Waals surface area contributed by atoms with Crippen LogP contribution in [0.3, 0.4) is 0 Å². The molecule has 0 bridgehead atoms. The predicted molar refractivity (Wildman–Crippen MR) is 72.4 cm³/mol. The van der Waals surface area contributed by atoms with Gasteiger partial charge in [0.15, 0.2) is 0 Å². The number of hydrogen-bond donors (Lipinski definition) is 1. The summed E-state index contributed by atoms with van der Waals surface area (Å²) >= 11 is 11.6. The number of anilines is 1. The quantitative estimate of drug-likeness (QED) is 0.844. The van der Waals surface area contributed by atoms with E-state index in [2.05, 4.69) is 4.98 Å². The van der Waals surface area contributed by atoms with Gasteiger partial charge in [-0.25, -0.2) is 4.98 Å². The molecule has 0 fully saturated rings. The first-order valence-electron chi connectivity index (χ1n) is 4.49. The lowest BCUT2D eigenvalue weighted by molar-refractivity contribution is 0.463. The largest absolute Gasteiger partial charge is 0.438 e. The van der Waals surface area contributed by atoms with Crippen LogP contribution in [0.4, 0.5) is 5.69 Å². The second kappa shape index (κ2) is 5.96. The molecule has 2 rings (SSSR count). The van der Waals surface area contributed by atoms with Crippen molar-refractivity contribution in [1.82, 2.24) is 4.98 Å². The number of aromatic nitrogens is 1. The minimum absolute atomic E-state index is 0. The fourth-order valence-electron chi connectivity index (χ4n) is 1.12. The molecular formula is C11H9Cl3N2O. The molecule has 3 nitrogen and oxygen atoms in total. The Labute approximate surface area is 115 Å². The van der Waals surface area contributed by atoms with Gasteiger partial charge in [-0.3, -0.25) is 0 Å². The third-order valence-electron chi connectivity index (χ3n) is 1.87. The van der Waals surface area contributed by atoms with Gasteiger partial charge in [-0.05, 0) is 30.3 Å². The molecule has 1 aromatic heterocycles. The second-order valence-electron chi connectivity index (χ2n) is 3.11. The number of hydrogen-bond acceptors (Lipinski definition) is 3. The van der Waals surface area contributed by atoms with E-state index in [1.165, 1.54) is 6.20 Å². The van der Waals surface area contributed by atoms with E-state index in [1.807, 2.05) is 0 Å². The topological polar surface area (TPSA) is 48.1 Å². The fourth-order valence-corrected chi connectivity index (χ4v) is 1.54. The van der Waals surface area contributed by atoms with Gasteiger partial charge >= 0.3 is 0 Å². The van der Waals surface area contributed by atoms with E-state index >= 15 is 0 Å². The number of ether oxygens (including phenoxy) is 1. The summed E-state index contributed by atoms with van der Waals surface area (Å²) in [4.78, 5) is 3.98. The fraction of sp³-hybridized carbons (Fsp3) is 0. The highest BCUT2D eigenvalue weighted by Gasteiger charge is 2.05. The molecule has 0 aliphatic heterocycles. The maximum Gasteiger partial charge on any atom is 0.238 e. The van der Waals surface area contributed by atoms with Gasteiger partial charge in [0.05, 0.1) is 5.02 Å². The summed E-state index contributed by atoms with van der Waals surface area (Å²) in [5.74, 6) is 0.932. The Balaban J connectivity index is 0.00000144. The van der Waals surface area contributed by atoms with Gasteiger partial charge in [0.2, 0.25) is 5.88 Å². The Hall–Kier alpha value is -1.16. The third kappa shape index (κ3) is 3.66. The first kappa shape index (κ1) is 13.9. The van der Waals surface area contributed by atoms with Crippen molar-refractivity contribution in [2.45, 2.75) is 0 Å². The number of nitrogens with zero attached hydrogens (tertiary/aromatic N) is 1. The van der Waals surface area contributed by atoms with Crippen LogP contribution in [0.15, 0.2) is 36.5 Å². The van der Waals surface area contributed by atoms with Crippen LogP contribution >= 0.6 is 35.6 Å². The molecular weight excluding hydrogens is 282 g/mol. The Morgan fingerprint density at radius 3 is 2.35 bits per heavy atom. The number of pyridine rings is 1. The molecule has 17 heavy (non-hydrogen) atoms. The molecule has 0 unspecified atom stereocenters. The SMILES string of the molecule is Cl.Nc1ccc(Oc2ncc(Cl)cc2Cl)cc1. The van der Waals surface area contributed by atoms with Crippen molar-refractivity contribution in [2.24, 2.45) is 0 Å². The third-order valence-corrected chi connectivity index (χ3v) is 2.35. The lowest BCUT2D eigenvalue weighted by Crippen LogP contribution is -1.89. The molecule has 2 aromatic rings. The van der Waals surface area contributed by atoms with Crippen molar-refractivity contribution in [3.63, 3.8) is 0 Å². The van der Waals surface area contributed by atoms with Gasteiger partial charge in [-0.15, -0.1) is 12.4 Å². The van der Waals surface area contributed by atoms with E-state index in [9.17, 15) is 0 Å². The monoisotopic (exact) mass is 290 g/mol. The number of rotatable bonds is 2. The normalized spacial score (nSPS) is 9.53. The number of nitrogens with two attached hydrogens (primary N) is 1. The van der Waals surface area contributed by atoms with Gasteiger partial charge in [-0.2, -0.15) is 0 Å². The van der Waals surface area contributed by atoms with Crippen molar-refractivity contribution in [2.75, 3.05) is 5.73 Å². The van der Waals surface area contributed by atoms with E-state index in [1.54, 1.807) is 30.3 Å². The molecule has 1 heterocycles. The van der Waals surface area contributed by atoms with Crippen molar-refractivity contribution < 1.29 is 4.74 Å². The molecule has 1 aromatic carbocycles. The van der Waals surface area contributed by atoms with Crippen molar-refractivity contribution in [1.29, 1.82) is 0 Å². The molecule has 0 aliphatic rings. The van der Waals surface area contributed by atoms with Crippen molar-refractivity contribution >= 4 is 41.3 Å². The molecule has 6 heteroatoms. The van der Waals surface area contributed by atoms with Crippen LogP contribution in [0.2, 0.25) is 10.0 Å². The summed E-state index contributed by atoms with van der Waals surface area (Å²) in [6, 6.07) is 8.52. The summed E-state index contributed by atoms with van der Waals surface area (Å²) < 4.78 is 5.46. The Morgan fingerprint density at radius 1 is 1.12 bits per heavy atom. The van der Waals surface area contributed by atoms with Crippen LogP contribution in [0.1, 0.15) is 0 Å². The maximum absolute atomic E-state index is 5.91. The standard InChI is InChI=1S/C11H8Cl2N2O.ClH/c12-7-5-10(13)11(15-6-7)16-9-3-1-8(14)2-4-9;/h1-6H,14H2;1H. The highest BCUT2D eigenvalue weighted by Crippen LogP contribution is 2.29. The predicted octanol–water partition coefficient (Wildman–Crippen LogP) is 4.18. The molecule has 0 aliphatic carbocycles. The van der Waals surface area contributed by atoms with Crippen molar-refractivity contribution in [3.8, 4) is 11.6 Å². The van der Waals surface area contributed by atoms with E-state index in [0.717, 1.165) is 0 Å². The van der Waals surface area contributed by atoms with Gasteiger partial charge in [-0.1, -0.05) is 23.2 Å². The average Bonchev–Trinajstić information content (AvgIpc) is 2.25. The van der Waals surface area contributed by atoms with Crippen LogP contribution in [0.25, 0.3) is 0 Å². The van der Waals surface area contributed by atoms with Crippen LogP contribution in [-0.2, 0) is 0 Å². The molecule has 0 spiro atoms. The van der Waals surface area contributed by atoms with Crippen LogP contribution in [0.5, 0.6) is 11.6 Å². The summed E-state index contributed by atoms with van der Waals surface area (Å²) in [6.07, 6.45) is 1.47. The Bertz CT molecular complexity index is 503. The number of halogens is 3. The van der Waals surface area contributed by atoms with Gasteiger partial charge < -0.3 is 10.5 Å². The molecule has 2 N–H and O–H groups in total. The highest BCUT2D eigenvalue weighted by molar-refractivity contribution is 6.35. The first-order valence-corrected chi connectivity index (χ1v) is 5.25. The lowest BCUT2D eigenvalue weighted by Gasteiger charge is -2.06. The first-order chi connectivity index (χ1) is 7.65. The highest BCUT2D eigenvalue weighted by atomic mass is 35.5. The Morgan fingerprint density at radius 2 is 1.76 bits per heavy atom. The number of nitrogen functional groups attached to an aromatic ring is 1. The second-order valence-corrected chi connectivity index (χ2v) is 3.96. The summed E-state index contributed by atoms with van der Waals surface area (Å²) in [7, 11) is 0. The minimum atomic E-state index is 0. The van der Waals surface area contributed by atoms with E-state index in [4.69, 9.17) is 33.7 Å². The minimum Gasteiger partial charge on any atom is -0.438 e. The maximum atomic E-state index is 5.91. The number of benzene rings is 1. The molecule has 0 atom stereocenters. The summed E-state index contributed by atoms with van der Waals surface area (Å²) in [5, 5.41) is 0.832. The lowest BCUT2D eigenvalue weighted by atomic mass is 10.3. The zero-order valence-electron chi connectivity index (χ0n) is 8.56. The van der Waals surface area contributed by atoms with E-state index in [-0.39, 0.29) is 12.4 Å². The molecule has 90 valence electrons. The van der Waals surface area contributed by atoms with Gasteiger partial charge in [0.1, 0.15) is 10.8 Å².